The van der Waals surface area contributed by atoms with Crippen molar-refractivity contribution < 1.29 is 4.74 Å². The lowest BCUT2D eigenvalue weighted by Crippen LogP contribution is -1.99. The molecular weight excluding hydrogens is 344 g/mol. The molecule has 1 nitrogen and oxygen atoms in total. The predicted octanol–water partition coefficient (Wildman–Crippen LogP) is 5.36. The number of halogens is 2. The summed E-state index contributed by atoms with van der Waals surface area (Å²) in [5.74, 6) is 2.40. The number of hydrogen-bond donors (Lipinski definition) is 0. The maximum atomic E-state index is 5.75. The van der Waals surface area contributed by atoms with E-state index in [9.17, 15) is 0 Å². The molecule has 0 bridgehead atoms. The third-order valence-electron chi connectivity index (χ3n) is 2.51. The fourth-order valence-corrected chi connectivity index (χ4v) is 2.70. The molecule has 0 amide bonds. The molecule has 0 spiro atoms. The van der Waals surface area contributed by atoms with Gasteiger partial charge in [0, 0.05) is 21.0 Å². The minimum atomic E-state index is 0.567. The lowest BCUT2D eigenvalue weighted by molar-refractivity contribution is 0.344. The zero-order valence-electron chi connectivity index (χ0n) is 10.3. The summed E-state index contributed by atoms with van der Waals surface area (Å²) in [6.07, 6.45) is 0. The fourth-order valence-electron chi connectivity index (χ4n) is 1.52. The first-order chi connectivity index (χ1) is 9.28. The summed E-state index contributed by atoms with van der Waals surface area (Å²) in [5, 5.41) is 0. The van der Waals surface area contributed by atoms with Gasteiger partial charge in [-0.3, -0.25) is 0 Å². The highest BCUT2D eigenvalue weighted by Gasteiger charge is 1.97. The van der Waals surface area contributed by atoms with Crippen LogP contribution in [-0.4, -0.2) is 12.4 Å². The highest BCUT2D eigenvalue weighted by Crippen LogP contribution is 2.20. The molecular formula is C15H14BrClOS. The largest absolute Gasteiger partial charge is 0.493 e. The number of hydrogen-bond acceptors (Lipinski definition) is 2. The van der Waals surface area contributed by atoms with Crippen LogP contribution in [0.15, 0.2) is 57.9 Å². The molecule has 2 aromatic carbocycles. The summed E-state index contributed by atoms with van der Waals surface area (Å²) in [6.45, 7) is 0.698. The fraction of sp³-hybridized carbons (Fsp3) is 0.200. The van der Waals surface area contributed by atoms with Gasteiger partial charge in [0.1, 0.15) is 5.75 Å². The molecule has 0 aliphatic rings. The van der Waals surface area contributed by atoms with Crippen molar-refractivity contribution in [2.45, 2.75) is 10.8 Å². The Balaban J connectivity index is 1.72. The monoisotopic (exact) mass is 356 g/mol. The van der Waals surface area contributed by atoms with Gasteiger partial charge in [-0.05, 0) is 42.0 Å². The van der Waals surface area contributed by atoms with Crippen molar-refractivity contribution in [1.82, 2.24) is 0 Å². The number of benzene rings is 2. The van der Waals surface area contributed by atoms with E-state index in [4.69, 9.17) is 16.3 Å². The molecule has 0 saturated heterocycles. The van der Waals surface area contributed by atoms with Gasteiger partial charge in [-0.2, -0.15) is 0 Å². The minimum absolute atomic E-state index is 0.567. The van der Waals surface area contributed by atoms with E-state index >= 15 is 0 Å². The van der Waals surface area contributed by atoms with Crippen LogP contribution in [0, 0.1) is 0 Å². The van der Waals surface area contributed by atoms with Crippen LogP contribution < -0.4 is 4.74 Å². The third kappa shape index (κ3) is 5.09. The van der Waals surface area contributed by atoms with Gasteiger partial charge in [0.05, 0.1) is 6.61 Å². The summed E-state index contributed by atoms with van der Waals surface area (Å²) in [7, 11) is 0. The van der Waals surface area contributed by atoms with E-state index in [1.807, 2.05) is 24.3 Å². The van der Waals surface area contributed by atoms with Gasteiger partial charge < -0.3 is 4.74 Å². The molecule has 2 aromatic rings. The molecule has 2 rings (SSSR count). The second-order valence-electron chi connectivity index (χ2n) is 3.93. The van der Waals surface area contributed by atoms with Crippen molar-refractivity contribution in [2.75, 3.05) is 12.4 Å². The molecule has 0 radical (unpaired) electrons. The molecule has 0 fully saturated rings. The first kappa shape index (κ1) is 14.8. The SMILES string of the molecule is ClCc1ccc(SCCOc2ccc(Br)cc2)cc1. The lowest BCUT2D eigenvalue weighted by Gasteiger charge is -2.06. The summed E-state index contributed by atoms with van der Waals surface area (Å²) in [4.78, 5) is 1.24. The molecule has 0 atom stereocenters. The molecule has 0 N–H and O–H groups in total. The Morgan fingerprint density at radius 3 is 2.32 bits per heavy atom. The third-order valence-corrected chi connectivity index (χ3v) is 4.33. The Bertz CT molecular complexity index is 499. The zero-order chi connectivity index (χ0) is 13.5. The highest BCUT2D eigenvalue weighted by atomic mass is 79.9. The van der Waals surface area contributed by atoms with E-state index in [0.29, 0.717) is 12.5 Å². The van der Waals surface area contributed by atoms with Crippen LogP contribution in [0.1, 0.15) is 5.56 Å². The smallest absolute Gasteiger partial charge is 0.119 e. The molecule has 0 heterocycles. The summed E-state index contributed by atoms with van der Waals surface area (Å²) in [6, 6.07) is 16.2. The quantitative estimate of drug-likeness (QED) is 0.391. The van der Waals surface area contributed by atoms with Crippen LogP contribution in [0.5, 0.6) is 5.75 Å². The van der Waals surface area contributed by atoms with Crippen LogP contribution >= 0.6 is 39.3 Å². The Labute approximate surface area is 131 Å². The van der Waals surface area contributed by atoms with Crippen LogP contribution in [0.25, 0.3) is 0 Å². The van der Waals surface area contributed by atoms with Crippen molar-refractivity contribution in [2.24, 2.45) is 0 Å². The molecule has 0 aromatic heterocycles. The summed E-state index contributed by atoms with van der Waals surface area (Å²) in [5.41, 5.74) is 1.15. The molecule has 19 heavy (non-hydrogen) atoms. The maximum Gasteiger partial charge on any atom is 0.119 e. The highest BCUT2D eigenvalue weighted by molar-refractivity contribution is 9.10. The van der Waals surface area contributed by atoms with Gasteiger partial charge in [-0.1, -0.05) is 28.1 Å². The van der Waals surface area contributed by atoms with Gasteiger partial charge in [0.15, 0.2) is 0 Å². The normalized spacial score (nSPS) is 10.4. The van der Waals surface area contributed by atoms with Crippen molar-refractivity contribution >= 4 is 39.3 Å². The maximum absolute atomic E-state index is 5.75. The second kappa shape index (κ2) is 7.83. The van der Waals surface area contributed by atoms with Crippen LogP contribution in [0.4, 0.5) is 0 Å². The lowest BCUT2D eigenvalue weighted by atomic mass is 10.2. The standard InChI is InChI=1S/C15H14BrClOS/c16-13-3-5-14(6-4-13)18-9-10-19-15-7-1-12(11-17)2-8-15/h1-8H,9-11H2. The number of alkyl halides is 1. The van der Waals surface area contributed by atoms with Crippen molar-refractivity contribution in [3.63, 3.8) is 0 Å². The predicted molar refractivity (Wildman–Crippen MR) is 86.4 cm³/mol. The molecule has 0 saturated carbocycles. The van der Waals surface area contributed by atoms with Crippen molar-refractivity contribution in [3.05, 3.63) is 58.6 Å². The topological polar surface area (TPSA) is 9.23 Å². The van der Waals surface area contributed by atoms with E-state index in [-0.39, 0.29) is 0 Å². The average molecular weight is 358 g/mol. The van der Waals surface area contributed by atoms with Crippen molar-refractivity contribution in [1.29, 1.82) is 0 Å². The Kier molecular flexibility index (Phi) is 6.08. The van der Waals surface area contributed by atoms with E-state index in [2.05, 4.69) is 40.2 Å². The minimum Gasteiger partial charge on any atom is -0.493 e. The first-order valence-electron chi connectivity index (χ1n) is 5.94. The van der Waals surface area contributed by atoms with Crippen LogP contribution in [0.2, 0.25) is 0 Å². The van der Waals surface area contributed by atoms with E-state index in [1.165, 1.54) is 4.90 Å². The van der Waals surface area contributed by atoms with Crippen LogP contribution in [-0.2, 0) is 5.88 Å². The van der Waals surface area contributed by atoms with Crippen LogP contribution in [0.3, 0.4) is 0 Å². The van der Waals surface area contributed by atoms with Gasteiger partial charge in [-0.25, -0.2) is 0 Å². The molecule has 0 aliphatic heterocycles. The molecule has 0 unspecified atom stereocenters. The number of rotatable bonds is 6. The van der Waals surface area contributed by atoms with Crippen molar-refractivity contribution in [3.8, 4) is 5.75 Å². The van der Waals surface area contributed by atoms with E-state index < -0.39 is 0 Å². The van der Waals surface area contributed by atoms with E-state index in [1.54, 1.807) is 11.8 Å². The molecule has 0 aliphatic carbocycles. The first-order valence-corrected chi connectivity index (χ1v) is 8.25. The zero-order valence-corrected chi connectivity index (χ0v) is 13.5. The Hall–Kier alpha value is -0.640. The Morgan fingerprint density at radius 2 is 1.68 bits per heavy atom. The van der Waals surface area contributed by atoms with Gasteiger partial charge in [0.2, 0.25) is 0 Å². The second-order valence-corrected chi connectivity index (χ2v) is 6.28. The molecule has 100 valence electrons. The summed E-state index contributed by atoms with van der Waals surface area (Å²) < 4.78 is 6.73. The Morgan fingerprint density at radius 1 is 1.00 bits per heavy atom. The van der Waals surface area contributed by atoms with Gasteiger partial charge >= 0.3 is 0 Å². The molecule has 4 heteroatoms. The number of ether oxygens (including phenoxy) is 1. The number of thioether (sulfide) groups is 1. The average Bonchev–Trinajstić information content (AvgIpc) is 2.46. The summed E-state index contributed by atoms with van der Waals surface area (Å²) >= 11 is 10.9. The van der Waals surface area contributed by atoms with Gasteiger partial charge in [0.25, 0.3) is 0 Å². The van der Waals surface area contributed by atoms with Gasteiger partial charge in [-0.15, -0.1) is 23.4 Å². The van der Waals surface area contributed by atoms with E-state index in [0.717, 1.165) is 21.5 Å².